The summed E-state index contributed by atoms with van der Waals surface area (Å²) in [5.41, 5.74) is 7.36. The molecule has 0 radical (unpaired) electrons. The fourth-order valence-corrected chi connectivity index (χ4v) is 4.21. The van der Waals surface area contributed by atoms with Crippen molar-refractivity contribution in [1.29, 1.82) is 0 Å². The van der Waals surface area contributed by atoms with Crippen LogP contribution in [0.1, 0.15) is 57.7 Å². The monoisotopic (exact) mass is 280 g/mol. The molecule has 1 fully saturated rings. The minimum atomic E-state index is 0.169. The molecule has 0 aromatic carbocycles. The van der Waals surface area contributed by atoms with Gasteiger partial charge in [-0.2, -0.15) is 0 Å². The Kier molecular flexibility index (Phi) is 4.67. The quantitative estimate of drug-likeness (QED) is 0.909. The predicted octanol–water partition coefficient (Wildman–Crippen LogP) is 3.99. The molecular formula is C16H28N2S. The van der Waals surface area contributed by atoms with Crippen LogP contribution in [0.25, 0.3) is 0 Å². The largest absolute Gasteiger partial charge is 0.330 e. The van der Waals surface area contributed by atoms with Crippen LogP contribution in [-0.4, -0.2) is 11.5 Å². The number of nitrogens with zero attached hydrogens (tertiary/aromatic N) is 1. The minimum absolute atomic E-state index is 0.169. The molecule has 19 heavy (non-hydrogen) atoms. The second-order valence-corrected chi connectivity index (χ2v) is 8.20. The third kappa shape index (κ3) is 3.79. The van der Waals surface area contributed by atoms with E-state index in [1.807, 2.05) is 11.3 Å². The summed E-state index contributed by atoms with van der Waals surface area (Å²) in [5.74, 6) is 2.31. The third-order valence-electron chi connectivity index (χ3n) is 4.46. The van der Waals surface area contributed by atoms with Crippen molar-refractivity contribution in [2.75, 3.05) is 6.54 Å². The molecule has 0 aliphatic heterocycles. The number of rotatable bonds is 3. The molecule has 0 saturated heterocycles. The lowest BCUT2D eigenvalue weighted by Crippen LogP contribution is -2.31. The SMILES string of the molecule is CC1CCC(CN)C(Cc2nc(C(C)(C)C)cs2)C1. The molecule has 1 heterocycles. The van der Waals surface area contributed by atoms with E-state index in [9.17, 15) is 0 Å². The summed E-state index contributed by atoms with van der Waals surface area (Å²) in [6.45, 7) is 9.92. The Morgan fingerprint density at radius 1 is 1.32 bits per heavy atom. The highest BCUT2D eigenvalue weighted by Crippen LogP contribution is 2.36. The van der Waals surface area contributed by atoms with E-state index >= 15 is 0 Å². The van der Waals surface area contributed by atoms with Gasteiger partial charge in [-0.05, 0) is 37.1 Å². The first-order chi connectivity index (χ1) is 8.90. The van der Waals surface area contributed by atoms with Crippen molar-refractivity contribution in [2.45, 2.75) is 58.8 Å². The molecule has 3 unspecified atom stereocenters. The van der Waals surface area contributed by atoms with Crippen molar-refractivity contribution in [3.63, 3.8) is 0 Å². The number of thiazole rings is 1. The van der Waals surface area contributed by atoms with Gasteiger partial charge in [0.1, 0.15) is 0 Å². The average molecular weight is 280 g/mol. The van der Waals surface area contributed by atoms with Gasteiger partial charge < -0.3 is 5.73 Å². The molecule has 1 aromatic heterocycles. The van der Waals surface area contributed by atoms with Gasteiger partial charge in [0.2, 0.25) is 0 Å². The third-order valence-corrected chi connectivity index (χ3v) is 5.33. The van der Waals surface area contributed by atoms with Gasteiger partial charge in [-0.15, -0.1) is 11.3 Å². The maximum atomic E-state index is 5.95. The van der Waals surface area contributed by atoms with Gasteiger partial charge in [0.15, 0.2) is 0 Å². The van der Waals surface area contributed by atoms with Gasteiger partial charge in [0.05, 0.1) is 10.7 Å². The minimum Gasteiger partial charge on any atom is -0.330 e. The normalized spacial score (nSPS) is 28.6. The Hall–Kier alpha value is -0.410. The van der Waals surface area contributed by atoms with Crippen molar-refractivity contribution < 1.29 is 0 Å². The smallest absolute Gasteiger partial charge is 0.0931 e. The van der Waals surface area contributed by atoms with Gasteiger partial charge in [-0.3, -0.25) is 0 Å². The number of nitrogens with two attached hydrogens (primary N) is 1. The van der Waals surface area contributed by atoms with Crippen LogP contribution in [0.4, 0.5) is 0 Å². The van der Waals surface area contributed by atoms with E-state index in [0.29, 0.717) is 5.92 Å². The van der Waals surface area contributed by atoms with Crippen molar-refractivity contribution in [3.05, 3.63) is 16.1 Å². The lowest BCUT2D eigenvalue weighted by atomic mass is 9.73. The Morgan fingerprint density at radius 2 is 2.05 bits per heavy atom. The summed E-state index contributed by atoms with van der Waals surface area (Å²) >= 11 is 1.83. The fraction of sp³-hybridized carbons (Fsp3) is 0.812. The fourth-order valence-electron chi connectivity index (χ4n) is 3.10. The molecule has 1 saturated carbocycles. The maximum absolute atomic E-state index is 5.95. The Labute approximate surface area is 121 Å². The van der Waals surface area contributed by atoms with Crippen LogP contribution in [0.5, 0.6) is 0 Å². The lowest BCUT2D eigenvalue weighted by molar-refractivity contribution is 0.193. The highest BCUT2D eigenvalue weighted by atomic mass is 32.1. The first-order valence-electron chi connectivity index (χ1n) is 7.55. The van der Waals surface area contributed by atoms with Crippen molar-refractivity contribution in [3.8, 4) is 0 Å². The Balaban J connectivity index is 2.04. The van der Waals surface area contributed by atoms with Crippen LogP contribution in [-0.2, 0) is 11.8 Å². The lowest BCUT2D eigenvalue weighted by Gasteiger charge is -2.33. The first kappa shape index (κ1) is 15.0. The molecule has 2 rings (SSSR count). The van der Waals surface area contributed by atoms with Crippen LogP contribution in [0.2, 0.25) is 0 Å². The molecule has 1 aliphatic carbocycles. The van der Waals surface area contributed by atoms with E-state index in [-0.39, 0.29) is 5.41 Å². The van der Waals surface area contributed by atoms with Crippen LogP contribution >= 0.6 is 11.3 Å². The number of hydrogen-bond acceptors (Lipinski definition) is 3. The summed E-state index contributed by atoms with van der Waals surface area (Å²) in [4.78, 5) is 4.85. The molecule has 2 N–H and O–H groups in total. The molecule has 3 heteroatoms. The van der Waals surface area contributed by atoms with E-state index < -0.39 is 0 Å². The summed E-state index contributed by atoms with van der Waals surface area (Å²) in [6, 6.07) is 0. The zero-order valence-corrected chi connectivity index (χ0v) is 13.6. The van der Waals surface area contributed by atoms with Gasteiger partial charge >= 0.3 is 0 Å². The van der Waals surface area contributed by atoms with Crippen molar-refractivity contribution in [1.82, 2.24) is 4.98 Å². The van der Waals surface area contributed by atoms with Crippen LogP contribution < -0.4 is 5.73 Å². The molecule has 2 nitrogen and oxygen atoms in total. The molecule has 1 aliphatic rings. The second-order valence-electron chi connectivity index (χ2n) is 7.25. The van der Waals surface area contributed by atoms with Crippen LogP contribution in [0.3, 0.4) is 0 Å². The average Bonchev–Trinajstić information content (AvgIpc) is 2.77. The van der Waals surface area contributed by atoms with E-state index in [4.69, 9.17) is 10.7 Å². The Morgan fingerprint density at radius 3 is 2.63 bits per heavy atom. The molecule has 108 valence electrons. The second kappa shape index (κ2) is 5.92. The van der Waals surface area contributed by atoms with E-state index in [1.54, 1.807) is 0 Å². The van der Waals surface area contributed by atoms with Crippen LogP contribution in [0.15, 0.2) is 5.38 Å². The number of hydrogen-bond donors (Lipinski definition) is 1. The highest BCUT2D eigenvalue weighted by molar-refractivity contribution is 7.09. The number of aromatic nitrogens is 1. The van der Waals surface area contributed by atoms with E-state index in [0.717, 1.165) is 24.8 Å². The van der Waals surface area contributed by atoms with Gasteiger partial charge in [-0.1, -0.05) is 34.1 Å². The zero-order chi connectivity index (χ0) is 14.0. The standard InChI is InChI=1S/C16H28N2S/c1-11-5-6-12(9-17)13(7-11)8-15-18-14(10-19-15)16(2,3)4/h10-13H,5-9,17H2,1-4H3. The zero-order valence-electron chi connectivity index (χ0n) is 12.8. The first-order valence-corrected chi connectivity index (χ1v) is 8.43. The molecule has 1 aromatic rings. The van der Waals surface area contributed by atoms with Crippen molar-refractivity contribution >= 4 is 11.3 Å². The highest BCUT2D eigenvalue weighted by Gasteiger charge is 2.29. The van der Waals surface area contributed by atoms with E-state index in [2.05, 4.69) is 33.1 Å². The summed E-state index contributed by atoms with van der Waals surface area (Å²) in [7, 11) is 0. The van der Waals surface area contributed by atoms with Gasteiger partial charge in [-0.25, -0.2) is 4.98 Å². The van der Waals surface area contributed by atoms with E-state index in [1.165, 1.54) is 30.0 Å². The maximum Gasteiger partial charge on any atom is 0.0931 e. The summed E-state index contributed by atoms with van der Waals surface area (Å²) in [5, 5.41) is 3.54. The Bertz CT molecular complexity index is 405. The van der Waals surface area contributed by atoms with Gasteiger partial charge in [0.25, 0.3) is 0 Å². The van der Waals surface area contributed by atoms with Crippen LogP contribution in [0, 0.1) is 17.8 Å². The van der Waals surface area contributed by atoms with Crippen molar-refractivity contribution in [2.24, 2.45) is 23.5 Å². The topological polar surface area (TPSA) is 38.9 Å². The van der Waals surface area contributed by atoms with Gasteiger partial charge in [0, 0.05) is 17.2 Å². The summed E-state index contributed by atoms with van der Waals surface area (Å²) < 4.78 is 0. The molecule has 0 spiro atoms. The molecule has 0 bridgehead atoms. The molecular weight excluding hydrogens is 252 g/mol. The molecule has 0 amide bonds. The predicted molar refractivity (Wildman–Crippen MR) is 83.6 cm³/mol. The summed E-state index contributed by atoms with van der Waals surface area (Å²) in [6.07, 6.45) is 5.11. The molecule has 3 atom stereocenters.